The van der Waals surface area contributed by atoms with E-state index in [4.69, 9.17) is 16.3 Å². The van der Waals surface area contributed by atoms with Gasteiger partial charge in [0.05, 0.1) is 19.2 Å². The fraction of sp³-hybridized carbons (Fsp3) is 0.389. The molecule has 1 fully saturated rings. The third-order valence-corrected chi connectivity index (χ3v) is 4.47. The molecule has 3 rings (SSSR count). The van der Waals surface area contributed by atoms with E-state index in [0.29, 0.717) is 29.9 Å². The lowest BCUT2D eigenvalue weighted by molar-refractivity contribution is -0.136. The number of nitrogens with one attached hydrogen (secondary N) is 2. The van der Waals surface area contributed by atoms with Gasteiger partial charge < -0.3 is 15.4 Å². The average Bonchev–Trinajstić information content (AvgIpc) is 3.38. The second kappa shape index (κ2) is 8.33. The van der Waals surface area contributed by atoms with Crippen LogP contribution in [0.2, 0.25) is 5.02 Å². The van der Waals surface area contributed by atoms with Crippen molar-refractivity contribution in [2.75, 3.05) is 19.0 Å². The van der Waals surface area contributed by atoms with E-state index in [2.05, 4.69) is 15.7 Å². The molecule has 1 aromatic carbocycles. The molecule has 0 spiro atoms. The summed E-state index contributed by atoms with van der Waals surface area (Å²) in [5.74, 6) is -0.734. The van der Waals surface area contributed by atoms with Crippen LogP contribution in [0.4, 0.5) is 5.82 Å². The number of carbonyl (C=O) groups is 2. The summed E-state index contributed by atoms with van der Waals surface area (Å²) in [5.41, 5.74) is 0.946. The summed E-state index contributed by atoms with van der Waals surface area (Å²) in [6, 6.07) is 8.77. The van der Waals surface area contributed by atoms with Gasteiger partial charge in [-0.15, -0.1) is 0 Å². The number of aromatic nitrogens is 2. The number of rotatable bonds is 7. The van der Waals surface area contributed by atoms with E-state index in [0.717, 1.165) is 18.4 Å². The van der Waals surface area contributed by atoms with Crippen molar-refractivity contribution >= 4 is 29.2 Å². The van der Waals surface area contributed by atoms with Crippen molar-refractivity contribution in [3.05, 3.63) is 47.1 Å². The zero-order valence-electron chi connectivity index (χ0n) is 14.4. The number of ether oxygens (including phenoxy) is 1. The number of hydrogen-bond acceptors (Lipinski definition) is 4. The average molecular weight is 377 g/mol. The normalized spacial score (nSPS) is 14.7. The number of hydrogen-bond donors (Lipinski definition) is 2. The van der Waals surface area contributed by atoms with Gasteiger partial charge in [0, 0.05) is 24.4 Å². The first-order valence-electron chi connectivity index (χ1n) is 8.46. The minimum Gasteiger partial charge on any atom is -0.383 e. The van der Waals surface area contributed by atoms with Gasteiger partial charge in [0.25, 0.3) is 0 Å². The van der Waals surface area contributed by atoms with Crippen LogP contribution in [0, 0.1) is 5.92 Å². The highest BCUT2D eigenvalue weighted by Gasteiger charge is 2.34. The largest absolute Gasteiger partial charge is 0.383 e. The summed E-state index contributed by atoms with van der Waals surface area (Å²) >= 11 is 5.92. The molecule has 8 heteroatoms. The molecule has 7 nitrogen and oxygen atoms in total. The summed E-state index contributed by atoms with van der Waals surface area (Å²) in [7, 11) is 1.60. The molecule has 1 atom stereocenters. The van der Waals surface area contributed by atoms with Crippen LogP contribution in [0.1, 0.15) is 24.4 Å². The SMILES string of the molecule is COCCn1ccc(NC(=O)C(=O)NC(c2ccc(Cl)cc2)C2CC2)n1. The first kappa shape index (κ1) is 18.4. The van der Waals surface area contributed by atoms with Crippen molar-refractivity contribution < 1.29 is 14.3 Å². The molecule has 138 valence electrons. The summed E-state index contributed by atoms with van der Waals surface area (Å²) < 4.78 is 6.61. The predicted molar refractivity (Wildman–Crippen MR) is 97.8 cm³/mol. The van der Waals surface area contributed by atoms with Crippen LogP contribution in [0.5, 0.6) is 0 Å². The number of amides is 2. The van der Waals surface area contributed by atoms with Gasteiger partial charge in [-0.1, -0.05) is 23.7 Å². The van der Waals surface area contributed by atoms with Gasteiger partial charge >= 0.3 is 11.8 Å². The fourth-order valence-corrected chi connectivity index (χ4v) is 2.82. The molecule has 1 saturated carbocycles. The molecule has 26 heavy (non-hydrogen) atoms. The maximum absolute atomic E-state index is 12.3. The number of benzene rings is 1. The van der Waals surface area contributed by atoms with Crippen LogP contribution in [0.25, 0.3) is 0 Å². The Hall–Kier alpha value is -2.38. The number of halogens is 1. The molecule has 2 aromatic rings. The van der Waals surface area contributed by atoms with Crippen molar-refractivity contribution in [1.29, 1.82) is 0 Å². The zero-order chi connectivity index (χ0) is 18.5. The number of methoxy groups -OCH3 is 1. The highest BCUT2D eigenvalue weighted by molar-refractivity contribution is 6.39. The molecule has 0 bridgehead atoms. The maximum atomic E-state index is 12.3. The molecule has 1 aliphatic carbocycles. The Bertz CT molecular complexity index is 771. The standard InChI is InChI=1S/C18H21ClN4O3/c1-26-11-10-23-9-8-15(22-23)20-17(24)18(25)21-16(12-2-3-12)13-4-6-14(19)7-5-13/h4-9,12,16H,2-3,10-11H2,1H3,(H,21,25)(H,20,22,24). The lowest BCUT2D eigenvalue weighted by Crippen LogP contribution is -2.38. The molecular formula is C18H21ClN4O3. The van der Waals surface area contributed by atoms with Crippen molar-refractivity contribution in [2.24, 2.45) is 5.92 Å². The van der Waals surface area contributed by atoms with Crippen LogP contribution in [0.3, 0.4) is 0 Å². The van der Waals surface area contributed by atoms with Gasteiger partial charge in [-0.3, -0.25) is 14.3 Å². The molecule has 1 aliphatic rings. The lowest BCUT2D eigenvalue weighted by Gasteiger charge is -2.18. The minimum atomic E-state index is -0.735. The third kappa shape index (κ3) is 4.83. The number of nitrogens with zero attached hydrogens (tertiary/aromatic N) is 2. The fourth-order valence-electron chi connectivity index (χ4n) is 2.69. The third-order valence-electron chi connectivity index (χ3n) is 4.22. The lowest BCUT2D eigenvalue weighted by atomic mass is 10.0. The van der Waals surface area contributed by atoms with Crippen LogP contribution in [-0.4, -0.2) is 35.3 Å². The number of carbonyl (C=O) groups excluding carboxylic acids is 2. The van der Waals surface area contributed by atoms with Gasteiger partial charge in [-0.2, -0.15) is 5.10 Å². The Balaban J connectivity index is 1.59. The van der Waals surface area contributed by atoms with Crippen molar-refractivity contribution in [3.8, 4) is 0 Å². The Morgan fingerprint density at radius 1 is 1.27 bits per heavy atom. The molecular weight excluding hydrogens is 356 g/mol. The summed E-state index contributed by atoms with van der Waals surface area (Å²) in [6.45, 7) is 1.08. The van der Waals surface area contributed by atoms with E-state index in [-0.39, 0.29) is 6.04 Å². The first-order valence-corrected chi connectivity index (χ1v) is 8.84. The highest BCUT2D eigenvalue weighted by Crippen LogP contribution is 2.41. The molecule has 2 amide bonds. The molecule has 0 aliphatic heterocycles. The van der Waals surface area contributed by atoms with E-state index < -0.39 is 11.8 Å². The Kier molecular flexibility index (Phi) is 5.90. The van der Waals surface area contributed by atoms with Gasteiger partial charge in [0.15, 0.2) is 5.82 Å². The van der Waals surface area contributed by atoms with Gasteiger partial charge in [0.1, 0.15) is 0 Å². The summed E-state index contributed by atoms with van der Waals surface area (Å²) in [4.78, 5) is 24.5. The molecule has 1 aromatic heterocycles. The summed E-state index contributed by atoms with van der Waals surface area (Å²) in [6.07, 6.45) is 3.77. The Labute approximate surface area is 156 Å². The van der Waals surface area contributed by atoms with Crippen LogP contribution >= 0.6 is 11.6 Å². The Morgan fingerprint density at radius 3 is 2.65 bits per heavy atom. The van der Waals surface area contributed by atoms with Crippen LogP contribution in [0.15, 0.2) is 36.5 Å². The monoisotopic (exact) mass is 376 g/mol. The van der Waals surface area contributed by atoms with Crippen molar-refractivity contribution in [2.45, 2.75) is 25.4 Å². The van der Waals surface area contributed by atoms with Crippen molar-refractivity contribution in [1.82, 2.24) is 15.1 Å². The van der Waals surface area contributed by atoms with Gasteiger partial charge in [0.2, 0.25) is 0 Å². The molecule has 1 unspecified atom stereocenters. The highest BCUT2D eigenvalue weighted by atomic mass is 35.5. The second-order valence-electron chi connectivity index (χ2n) is 6.25. The second-order valence-corrected chi connectivity index (χ2v) is 6.69. The van der Waals surface area contributed by atoms with Crippen molar-refractivity contribution in [3.63, 3.8) is 0 Å². The van der Waals surface area contributed by atoms with Gasteiger partial charge in [-0.25, -0.2) is 0 Å². The quantitative estimate of drug-likeness (QED) is 0.726. The smallest absolute Gasteiger partial charge is 0.314 e. The van der Waals surface area contributed by atoms with E-state index in [1.807, 2.05) is 12.1 Å². The van der Waals surface area contributed by atoms with Gasteiger partial charge in [-0.05, 0) is 36.5 Å². The molecule has 2 N–H and O–H groups in total. The van der Waals surface area contributed by atoms with E-state index >= 15 is 0 Å². The van der Waals surface area contributed by atoms with E-state index in [9.17, 15) is 9.59 Å². The van der Waals surface area contributed by atoms with E-state index in [1.54, 1.807) is 36.2 Å². The summed E-state index contributed by atoms with van der Waals surface area (Å²) in [5, 5.41) is 10.2. The Morgan fingerprint density at radius 2 is 2.00 bits per heavy atom. The molecule has 0 saturated heterocycles. The molecule has 1 heterocycles. The van der Waals surface area contributed by atoms with Crippen LogP contribution < -0.4 is 10.6 Å². The van der Waals surface area contributed by atoms with E-state index in [1.165, 1.54) is 0 Å². The topological polar surface area (TPSA) is 85.2 Å². The maximum Gasteiger partial charge on any atom is 0.314 e. The predicted octanol–water partition coefficient (Wildman–Crippen LogP) is 2.39. The van der Waals surface area contributed by atoms with Crippen LogP contribution in [-0.2, 0) is 20.9 Å². The molecule has 0 radical (unpaired) electrons. The first-order chi connectivity index (χ1) is 12.6. The minimum absolute atomic E-state index is 0.190. The zero-order valence-corrected chi connectivity index (χ0v) is 15.2. The number of anilines is 1.